The summed E-state index contributed by atoms with van der Waals surface area (Å²) >= 11 is 3.45. The molecule has 126 valence electrons. The lowest BCUT2D eigenvalue weighted by Gasteiger charge is -2.38. The van der Waals surface area contributed by atoms with Crippen molar-refractivity contribution >= 4 is 27.5 Å². The molecule has 0 aromatic carbocycles. The van der Waals surface area contributed by atoms with Crippen molar-refractivity contribution in [2.24, 2.45) is 0 Å². The van der Waals surface area contributed by atoms with Crippen LogP contribution >= 0.6 is 15.9 Å². The Hall–Kier alpha value is -1.28. The molecule has 1 aromatic rings. The number of anilines is 1. The first-order valence-electron chi connectivity index (χ1n) is 7.59. The molecule has 0 aliphatic carbocycles. The number of ether oxygens (including phenoxy) is 1. The Morgan fingerprint density at radius 2 is 2.09 bits per heavy atom. The van der Waals surface area contributed by atoms with Crippen molar-refractivity contribution in [2.45, 2.75) is 24.9 Å². The van der Waals surface area contributed by atoms with Crippen LogP contribution in [0.1, 0.15) is 12.8 Å². The number of hydrogen-bond donors (Lipinski definition) is 0. The summed E-state index contributed by atoms with van der Waals surface area (Å²) in [6.45, 7) is 1.68. The van der Waals surface area contributed by atoms with Crippen molar-refractivity contribution in [2.75, 3.05) is 37.7 Å². The first-order chi connectivity index (χ1) is 11.0. The molecule has 1 atom stereocenters. The van der Waals surface area contributed by atoms with E-state index in [4.69, 9.17) is 4.74 Å². The van der Waals surface area contributed by atoms with Crippen LogP contribution in [0.2, 0.25) is 0 Å². The molecule has 2 aliphatic rings. The molecule has 3 heterocycles. The molecule has 23 heavy (non-hydrogen) atoms. The van der Waals surface area contributed by atoms with Crippen molar-refractivity contribution in [3.05, 3.63) is 22.9 Å². The highest BCUT2D eigenvalue weighted by Crippen LogP contribution is 2.29. The number of rotatable bonds is 2. The third kappa shape index (κ3) is 3.80. The number of pyridine rings is 1. The normalized spacial score (nSPS) is 24.6. The van der Waals surface area contributed by atoms with Crippen LogP contribution in [0.3, 0.4) is 0 Å². The fraction of sp³-hybridized carbons (Fsp3) is 0.600. The van der Waals surface area contributed by atoms with Crippen molar-refractivity contribution in [3.63, 3.8) is 0 Å². The highest BCUT2D eigenvalue weighted by molar-refractivity contribution is 9.10. The van der Waals surface area contributed by atoms with E-state index in [9.17, 15) is 13.6 Å². The van der Waals surface area contributed by atoms with E-state index in [0.29, 0.717) is 19.7 Å². The van der Waals surface area contributed by atoms with Crippen molar-refractivity contribution in [1.29, 1.82) is 0 Å². The van der Waals surface area contributed by atoms with Gasteiger partial charge in [-0.1, -0.05) is 0 Å². The SMILES string of the molecule is O=C(C1CN(c2ccncc2Br)CCO1)N1CCC(F)(F)CC1. The van der Waals surface area contributed by atoms with Crippen LogP contribution in [0.4, 0.5) is 14.5 Å². The van der Waals surface area contributed by atoms with Gasteiger partial charge in [-0.25, -0.2) is 8.78 Å². The van der Waals surface area contributed by atoms with Crippen molar-refractivity contribution in [3.8, 4) is 0 Å². The highest BCUT2D eigenvalue weighted by Gasteiger charge is 2.38. The number of nitrogens with zero attached hydrogens (tertiary/aromatic N) is 3. The van der Waals surface area contributed by atoms with Crippen LogP contribution in [-0.4, -0.2) is 60.6 Å². The molecule has 0 radical (unpaired) electrons. The number of morpholine rings is 1. The Bertz CT molecular complexity index is 578. The van der Waals surface area contributed by atoms with E-state index >= 15 is 0 Å². The molecule has 2 saturated heterocycles. The first-order valence-corrected chi connectivity index (χ1v) is 8.38. The lowest BCUT2D eigenvalue weighted by molar-refractivity contribution is -0.150. The summed E-state index contributed by atoms with van der Waals surface area (Å²) in [6, 6.07) is 1.87. The van der Waals surface area contributed by atoms with Gasteiger partial charge in [0, 0.05) is 44.9 Å². The molecule has 1 aromatic heterocycles. The second-order valence-corrected chi connectivity index (χ2v) is 6.67. The molecule has 1 amide bonds. The average molecular weight is 390 g/mol. The lowest BCUT2D eigenvalue weighted by atomic mass is 10.1. The molecule has 2 aliphatic heterocycles. The van der Waals surface area contributed by atoms with Crippen LogP contribution in [0.25, 0.3) is 0 Å². The van der Waals surface area contributed by atoms with E-state index in [-0.39, 0.29) is 31.8 Å². The lowest BCUT2D eigenvalue weighted by Crippen LogP contribution is -2.53. The van der Waals surface area contributed by atoms with Crippen LogP contribution in [0.5, 0.6) is 0 Å². The van der Waals surface area contributed by atoms with E-state index < -0.39 is 12.0 Å². The van der Waals surface area contributed by atoms with Crippen molar-refractivity contribution in [1.82, 2.24) is 9.88 Å². The van der Waals surface area contributed by atoms with Gasteiger partial charge in [-0.15, -0.1) is 0 Å². The third-order valence-electron chi connectivity index (χ3n) is 4.24. The van der Waals surface area contributed by atoms with Gasteiger partial charge in [-0.3, -0.25) is 9.78 Å². The van der Waals surface area contributed by atoms with Crippen molar-refractivity contribution < 1.29 is 18.3 Å². The van der Waals surface area contributed by atoms with E-state index in [0.717, 1.165) is 10.2 Å². The molecular weight excluding hydrogens is 372 g/mol. The topological polar surface area (TPSA) is 45.7 Å². The van der Waals surface area contributed by atoms with E-state index in [1.54, 1.807) is 12.4 Å². The summed E-state index contributed by atoms with van der Waals surface area (Å²) in [5.41, 5.74) is 0.950. The number of piperidine rings is 1. The number of hydrogen-bond acceptors (Lipinski definition) is 4. The third-order valence-corrected chi connectivity index (χ3v) is 4.85. The number of carbonyl (C=O) groups is 1. The zero-order valence-electron chi connectivity index (χ0n) is 12.6. The summed E-state index contributed by atoms with van der Waals surface area (Å²) in [5.74, 6) is -2.85. The molecule has 8 heteroatoms. The molecule has 0 spiro atoms. The number of aromatic nitrogens is 1. The maximum atomic E-state index is 13.2. The molecule has 0 bridgehead atoms. The predicted molar refractivity (Wildman–Crippen MR) is 84.7 cm³/mol. The Balaban J connectivity index is 1.65. The summed E-state index contributed by atoms with van der Waals surface area (Å²) < 4.78 is 32.9. The number of halogens is 3. The van der Waals surface area contributed by atoms with Gasteiger partial charge in [0.15, 0.2) is 6.10 Å². The maximum Gasteiger partial charge on any atom is 0.253 e. The summed E-state index contributed by atoms with van der Waals surface area (Å²) in [7, 11) is 0. The fourth-order valence-corrected chi connectivity index (χ4v) is 3.40. The van der Waals surface area contributed by atoms with Gasteiger partial charge in [-0.05, 0) is 22.0 Å². The minimum absolute atomic E-state index is 0.0879. The van der Waals surface area contributed by atoms with Crippen LogP contribution < -0.4 is 4.90 Å². The molecular formula is C15H18BrF2N3O2. The highest BCUT2D eigenvalue weighted by atomic mass is 79.9. The second-order valence-electron chi connectivity index (χ2n) is 5.81. The standard InChI is InChI=1S/C15H18BrF2N3O2/c16-11-9-19-4-1-12(11)21-7-8-23-13(10-21)14(22)20-5-2-15(17,18)3-6-20/h1,4,9,13H,2-3,5-8,10H2. The van der Waals surface area contributed by atoms with Gasteiger partial charge in [0.05, 0.1) is 23.3 Å². The Labute approximate surface area is 141 Å². The summed E-state index contributed by atoms with van der Waals surface area (Å²) in [6.07, 6.45) is 2.24. The zero-order valence-corrected chi connectivity index (χ0v) is 14.1. The van der Waals surface area contributed by atoms with Crippen LogP contribution in [-0.2, 0) is 9.53 Å². The largest absolute Gasteiger partial charge is 0.365 e. The summed E-state index contributed by atoms with van der Waals surface area (Å²) in [5, 5.41) is 0. The Morgan fingerprint density at radius 1 is 1.35 bits per heavy atom. The quantitative estimate of drug-likeness (QED) is 0.778. The van der Waals surface area contributed by atoms with E-state index in [1.807, 2.05) is 6.07 Å². The zero-order chi connectivity index (χ0) is 16.4. The maximum absolute atomic E-state index is 13.2. The average Bonchev–Trinajstić information content (AvgIpc) is 2.55. The molecule has 0 N–H and O–H groups in total. The van der Waals surface area contributed by atoms with Gasteiger partial charge < -0.3 is 14.5 Å². The number of likely N-dealkylation sites (tertiary alicyclic amines) is 1. The Kier molecular flexibility index (Phi) is 4.82. The predicted octanol–water partition coefficient (Wildman–Crippen LogP) is 2.31. The second kappa shape index (κ2) is 6.68. The number of amides is 1. The van der Waals surface area contributed by atoms with Gasteiger partial charge in [-0.2, -0.15) is 0 Å². The van der Waals surface area contributed by atoms with Crippen LogP contribution in [0, 0.1) is 0 Å². The van der Waals surface area contributed by atoms with Gasteiger partial charge in [0.1, 0.15) is 0 Å². The molecule has 5 nitrogen and oxygen atoms in total. The fourth-order valence-electron chi connectivity index (χ4n) is 2.90. The molecule has 3 rings (SSSR count). The van der Waals surface area contributed by atoms with Gasteiger partial charge in [0.2, 0.25) is 0 Å². The monoisotopic (exact) mass is 389 g/mol. The molecule has 2 fully saturated rings. The van der Waals surface area contributed by atoms with E-state index in [1.165, 1.54) is 4.90 Å². The number of carbonyl (C=O) groups excluding carboxylic acids is 1. The minimum Gasteiger partial charge on any atom is -0.365 e. The smallest absolute Gasteiger partial charge is 0.253 e. The molecule has 0 saturated carbocycles. The first kappa shape index (κ1) is 16.6. The van der Waals surface area contributed by atoms with Gasteiger partial charge in [0.25, 0.3) is 11.8 Å². The van der Waals surface area contributed by atoms with E-state index in [2.05, 4.69) is 25.8 Å². The van der Waals surface area contributed by atoms with Crippen LogP contribution in [0.15, 0.2) is 22.9 Å². The summed E-state index contributed by atoms with van der Waals surface area (Å²) in [4.78, 5) is 20.1. The molecule has 1 unspecified atom stereocenters. The van der Waals surface area contributed by atoms with Gasteiger partial charge >= 0.3 is 0 Å². The Morgan fingerprint density at radius 3 is 2.78 bits per heavy atom. The number of alkyl halides is 2. The minimum atomic E-state index is -2.65.